The summed E-state index contributed by atoms with van der Waals surface area (Å²) in [5.41, 5.74) is 1.41. The van der Waals surface area contributed by atoms with Gasteiger partial charge in [0.25, 0.3) is 0 Å². The minimum absolute atomic E-state index is 0.0644. The predicted molar refractivity (Wildman–Crippen MR) is 241 cm³/mol. The topological polar surface area (TPSA) is 315 Å². The van der Waals surface area contributed by atoms with E-state index in [0.717, 1.165) is 51.6 Å². The summed E-state index contributed by atoms with van der Waals surface area (Å²) in [6, 6.07) is 0. The fraction of sp³-hybridized carbons (Fsp3) is 0.960. The molecular weight excluding hydrogens is 937 g/mol. The molecule has 0 unspecified atom stereocenters. The number of hydrogen-bond acceptors (Lipinski definition) is 21. The molecule has 21 heteroatoms. The van der Waals surface area contributed by atoms with Crippen LogP contribution in [0.2, 0.25) is 0 Å². The quantitative estimate of drug-likeness (QED) is 0.107. The Balaban J connectivity index is 0.825. The number of hydrogen-bond donors (Lipinski definition) is 11. The molecule has 0 radical (unpaired) electrons. The van der Waals surface area contributed by atoms with Crippen LogP contribution in [-0.4, -0.2) is 217 Å². The molecule has 6 heterocycles. The number of aliphatic hydroxyl groups is 11. The molecule has 0 amide bonds. The molecule has 9 fully saturated rings. The van der Waals surface area contributed by atoms with Crippen LogP contribution < -0.4 is 0 Å². The molecule has 11 N–H and O–H groups in total. The molecule has 10 aliphatic rings. The number of fused-ring (bicyclic) bond motifs is 7. The van der Waals surface area contributed by atoms with E-state index in [-0.39, 0.29) is 16.9 Å². The highest BCUT2D eigenvalue weighted by molar-refractivity contribution is 5.26. The molecule has 4 aliphatic carbocycles. The van der Waals surface area contributed by atoms with Gasteiger partial charge in [0.1, 0.15) is 85.5 Å². The van der Waals surface area contributed by atoms with Crippen LogP contribution in [-0.2, 0) is 47.4 Å². The van der Waals surface area contributed by atoms with Crippen molar-refractivity contribution in [2.75, 3.05) is 26.4 Å². The van der Waals surface area contributed by atoms with Gasteiger partial charge in [0, 0.05) is 12.3 Å². The summed E-state index contributed by atoms with van der Waals surface area (Å²) in [6.45, 7) is 9.82. The Bertz CT molecular complexity index is 1870. The Labute approximate surface area is 414 Å². The number of aliphatic hydroxyl groups excluding tert-OH is 11. The summed E-state index contributed by atoms with van der Waals surface area (Å²) in [5, 5.41) is 117. The third-order valence-corrected chi connectivity index (χ3v) is 19.4. The second-order valence-electron chi connectivity index (χ2n) is 23.4. The zero-order chi connectivity index (χ0) is 50.6. The first kappa shape index (κ1) is 53.3. The predicted octanol–water partition coefficient (Wildman–Crippen LogP) is -1.32. The van der Waals surface area contributed by atoms with E-state index in [9.17, 15) is 56.2 Å². The lowest BCUT2D eigenvalue weighted by molar-refractivity contribution is -0.380. The number of allylic oxidation sites excluding steroid dienone is 1. The SMILES string of the molecule is C[C@@H]1CC[C@@]2(OC1)O[C@H]1C[C@H]3[C@@H]4CC=C5C[C@@H](O[C@@H]6O[C@H](CO)[C@@H](O[C@@H]7O[C@@H](CO[C@@H]8O[C@H](CO)[C@@H](O)[C@H](O)[C@H]8O)[C@H](O)[C@H]7O)[C@H](O)[C@H]6O[C@@H]6O[C@@H](C)[C@H](O)[C@@H](O)[C@H]6O)CC[C@]5(C)[C@H]4CC[C@]3(C)[C@H]1[C@@H]2C. The van der Waals surface area contributed by atoms with Crippen LogP contribution in [0.25, 0.3) is 0 Å². The lowest BCUT2D eigenvalue weighted by Crippen LogP contribution is -2.65. The zero-order valence-corrected chi connectivity index (χ0v) is 41.4. The van der Waals surface area contributed by atoms with Gasteiger partial charge in [0.05, 0.1) is 44.7 Å². The van der Waals surface area contributed by atoms with Crippen molar-refractivity contribution in [2.24, 2.45) is 46.3 Å². The maximum absolute atomic E-state index is 12.2. The standard InChI is InChI=1S/C50H80O21/c1-20-8-13-50(63-18-20)21(2)32-28(71-50)15-27-25-7-6-23-14-24(9-11-48(23,4)26(25)10-12-49(27,32)5)65-47-43(70-45-40(60)36(56)33(53)22(3)64-45)41(61)42(30(17-52)67-47)69-46-38(58)35(55)31(68-46)19-62-44-39(59)37(57)34(54)29(16-51)66-44/h6,20-22,24-47,51-61H,7-19H2,1-5H3/t20-,21+,22+,24+,25-,26+,27+,28+,29-,30-,31+,32+,33+,34-,35+,36-,37+,38-,39-,40-,41+,42-,43-,44-,45+,46+,47-,48+,49+,50-/m1/s1. The summed E-state index contributed by atoms with van der Waals surface area (Å²) in [7, 11) is 0. The summed E-state index contributed by atoms with van der Waals surface area (Å²) in [6.07, 6.45) is -18.7. The van der Waals surface area contributed by atoms with E-state index in [1.54, 1.807) is 0 Å². The second-order valence-corrected chi connectivity index (χ2v) is 23.4. The lowest BCUT2D eigenvalue weighted by atomic mass is 9.47. The van der Waals surface area contributed by atoms with E-state index >= 15 is 0 Å². The van der Waals surface area contributed by atoms with E-state index < -0.39 is 148 Å². The van der Waals surface area contributed by atoms with Crippen LogP contribution in [0.5, 0.6) is 0 Å². The van der Waals surface area contributed by atoms with Gasteiger partial charge in [-0.05, 0) is 98.7 Å². The van der Waals surface area contributed by atoms with Crippen molar-refractivity contribution in [2.45, 2.75) is 227 Å². The fourth-order valence-electron chi connectivity index (χ4n) is 15.2. The van der Waals surface area contributed by atoms with Crippen molar-refractivity contribution < 1.29 is 104 Å². The third-order valence-electron chi connectivity index (χ3n) is 19.4. The van der Waals surface area contributed by atoms with Gasteiger partial charge >= 0.3 is 0 Å². The molecule has 6 aliphatic heterocycles. The number of ether oxygens (including phenoxy) is 10. The van der Waals surface area contributed by atoms with Crippen LogP contribution >= 0.6 is 0 Å². The summed E-state index contributed by atoms with van der Waals surface area (Å²) >= 11 is 0. The molecule has 3 saturated carbocycles. The van der Waals surface area contributed by atoms with Crippen molar-refractivity contribution in [1.29, 1.82) is 0 Å². The van der Waals surface area contributed by atoms with Gasteiger partial charge < -0.3 is 104 Å². The van der Waals surface area contributed by atoms with Crippen molar-refractivity contribution in [3.8, 4) is 0 Å². The maximum atomic E-state index is 12.2. The highest BCUT2D eigenvalue weighted by atomic mass is 16.8. The van der Waals surface area contributed by atoms with Crippen LogP contribution in [0.4, 0.5) is 0 Å². The van der Waals surface area contributed by atoms with Crippen LogP contribution in [0.1, 0.15) is 92.4 Å². The van der Waals surface area contributed by atoms with Crippen molar-refractivity contribution >= 4 is 0 Å². The molecular formula is C50H80O21. The Hall–Kier alpha value is -1.10. The molecule has 0 bridgehead atoms. The van der Waals surface area contributed by atoms with Gasteiger partial charge in [-0.15, -0.1) is 0 Å². The Kier molecular flexibility index (Phi) is 15.3. The first-order valence-corrected chi connectivity index (χ1v) is 26.3. The molecule has 10 rings (SSSR count). The molecule has 406 valence electrons. The smallest absolute Gasteiger partial charge is 0.187 e. The molecule has 71 heavy (non-hydrogen) atoms. The summed E-state index contributed by atoms with van der Waals surface area (Å²) in [4.78, 5) is 0. The molecule has 1 spiro atoms. The van der Waals surface area contributed by atoms with E-state index in [4.69, 9.17) is 47.4 Å². The van der Waals surface area contributed by atoms with Crippen molar-refractivity contribution in [1.82, 2.24) is 0 Å². The summed E-state index contributed by atoms with van der Waals surface area (Å²) in [5.74, 6) is 2.43. The van der Waals surface area contributed by atoms with Crippen LogP contribution in [0.3, 0.4) is 0 Å². The minimum atomic E-state index is -1.77. The van der Waals surface area contributed by atoms with Gasteiger partial charge in [0.15, 0.2) is 30.9 Å². The monoisotopic (exact) mass is 1020 g/mol. The largest absolute Gasteiger partial charge is 0.394 e. The Morgan fingerprint density at radius 1 is 0.620 bits per heavy atom. The van der Waals surface area contributed by atoms with Gasteiger partial charge in [0.2, 0.25) is 0 Å². The first-order valence-electron chi connectivity index (χ1n) is 26.3. The zero-order valence-electron chi connectivity index (χ0n) is 41.4. The molecule has 0 aromatic heterocycles. The molecule has 0 aromatic carbocycles. The van der Waals surface area contributed by atoms with Crippen molar-refractivity contribution in [3.05, 3.63) is 11.6 Å². The number of rotatable bonds is 11. The van der Waals surface area contributed by atoms with Crippen molar-refractivity contribution in [3.63, 3.8) is 0 Å². The van der Waals surface area contributed by atoms with E-state index in [1.165, 1.54) is 12.5 Å². The van der Waals surface area contributed by atoms with Gasteiger partial charge in [-0.3, -0.25) is 0 Å². The fourth-order valence-corrected chi connectivity index (χ4v) is 15.2. The summed E-state index contributed by atoms with van der Waals surface area (Å²) < 4.78 is 61.5. The Morgan fingerprint density at radius 2 is 1.27 bits per heavy atom. The normalized spacial score (nSPS) is 57.2. The third kappa shape index (κ3) is 9.12. The Morgan fingerprint density at radius 3 is 1.99 bits per heavy atom. The van der Waals surface area contributed by atoms with Crippen LogP contribution in [0, 0.1) is 46.3 Å². The molecule has 21 nitrogen and oxygen atoms in total. The minimum Gasteiger partial charge on any atom is -0.394 e. The average molecular weight is 1020 g/mol. The van der Waals surface area contributed by atoms with E-state index in [0.29, 0.717) is 48.3 Å². The van der Waals surface area contributed by atoms with E-state index in [1.807, 2.05) is 0 Å². The molecule has 0 aromatic rings. The first-order chi connectivity index (χ1) is 33.7. The lowest BCUT2D eigenvalue weighted by Gasteiger charge is -2.58. The van der Waals surface area contributed by atoms with Gasteiger partial charge in [-0.25, -0.2) is 0 Å². The van der Waals surface area contributed by atoms with Crippen LogP contribution in [0.15, 0.2) is 11.6 Å². The van der Waals surface area contributed by atoms with E-state index in [2.05, 4.69) is 33.8 Å². The highest BCUT2D eigenvalue weighted by Crippen LogP contribution is 2.70. The van der Waals surface area contributed by atoms with Gasteiger partial charge in [-0.1, -0.05) is 39.3 Å². The second kappa shape index (κ2) is 20.4. The molecule has 30 atom stereocenters. The average Bonchev–Trinajstić information content (AvgIpc) is 3.91. The highest BCUT2D eigenvalue weighted by Gasteiger charge is 2.69. The van der Waals surface area contributed by atoms with Gasteiger partial charge in [-0.2, -0.15) is 0 Å². The maximum Gasteiger partial charge on any atom is 0.187 e. The molecule has 6 saturated heterocycles.